The van der Waals surface area contributed by atoms with Gasteiger partial charge >= 0.3 is 12.2 Å². The number of H-pyrrole nitrogens is 1. The molecule has 32 heavy (non-hydrogen) atoms. The van der Waals surface area contributed by atoms with Crippen molar-refractivity contribution in [3.05, 3.63) is 28.2 Å². The van der Waals surface area contributed by atoms with Gasteiger partial charge in [-0.2, -0.15) is 13.2 Å². The summed E-state index contributed by atoms with van der Waals surface area (Å²) in [6.07, 6.45) is -3.14. The molecule has 13 heteroatoms. The first-order valence-corrected chi connectivity index (χ1v) is 10.1. The number of amides is 1. The Morgan fingerprint density at radius 2 is 2.00 bits per heavy atom. The predicted molar refractivity (Wildman–Crippen MR) is 98.7 cm³/mol. The average molecular weight is 459 g/mol. The van der Waals surface area contributed by atoms with Gasteiger partial charge in [0.1, 0.15) is 17.3 Å². The first kappa shape index (κ1) is 20.9. The van der Waals surface area contributed by atoms with E-state index in [9.17, 15) is 31.5 Å². The van der Waals surface area contributed by atoms with Crippen LogP contribution in [0.3, 0.4) is 0 Å². The molecule has 0 aromatic carbocycles. The van der Waals surface area contributed by atoms with Crippen LogP contribution in [0, 0.1) is 11.3 Å². The summed E-state index contributed by atoms with van der Waals surface area (Å²) in [5, 5.41) is 10.2. The van der Waals surface area contributed by atoms with Gasteiger partial charge in [0, 0.05) is 19.5 Å². The van der Waals surface area contributed by atoms with Crippen LogP contribution in [-0.4, -0.2) is 51.0 Å². The summed E-state index contributed by atoms with van der Waals surface area (Å²) < 4.78 is 70.8. The number of likely N-dealkylation sites (tertiary alicyclic amines) is 1. The van der Waals surface area contributed by atoms with E-state index >= 15 is 0 Å². The highest BCUT2D eigenvalue weighted by atomic mass is 19.4. The maximum Gasteiger partial charge on any atom is 0.431 e. The quantitative estimate of drug-likeness (QED) is 0.667. The van der Waals surface area contributed by atoms with Crippen molar-refractivity contribution in [2.24, 2.45) is 11.3 Å². The van der Waals surface area contributed by atoms with Crippen LogP contribution < -0.4 is 10.9 Å². The molecule has 1 spiro atoms. The lowest BCUT2D eigenvalue weighted by atomic mass is 10.1. The highest BCUT2D eigenvalue weighted by molar-refractivity contribution is 5.85. The Kier molecular flexibility index (Phi) is 4.41. The van der Waals surface area contributed by atoms with E-state index in [2.05, 4.69) is 15.5 Å². The maximum atomic E-state index is 13.7. The summed E-state index contributed by atoms with van der Waals surface area (Å²) in [5.74, 6) is -3.41. The Hall–Kier alpha value is -2.99. The smallest absolute Gasteiger partial charge is 0.403 e. The number of nitrogens with zero attached hydrogens (tertiary/aromatic N) is 3. The molecule has 1 aliphatic heterocycles. The first-order chi connectivity index (χ1) is 15.0. The van der Waals surface area contributed by atoms with Crippen LogP contribution in [0.25, 0.3) is 11.5 Å². The third kappa shape index (κ3) is 3.52. The van der Waals surface area contributed by atoms with Crippen molar-refractivity contribution >= 4 is 11.9 Å². The van der Waals surface area contributed by atoms with E-state index in [4.69, 9.17) is 4.42 Å². The monoisotopic (exact) mass is 459 g/mol. The second kappa shape index (κ2) is 6.75. The zero-order valence-electron chi connectivity index (χ0n) is 16.5. The van der Waals surface area contributed by atoms with Crippen LogP contribution in [0.15, 0.2) is 21.3 Å². The number of carbonyl (C=O) groups excluding carboxylic acids is 1. The third-order valence-corrected chi connectivity index (χ3v) is 6.39. The number of pyridine rings is 1. The molecule has 0 bridgehead atoms. The van der Waals surface area contributed by atoms with E-state index in [0.29, 0.717) is 6.07 Å². The lowest BCUT2D eigenvalue weighted by molar-refractivity contribution is -0.141. The number of hydrogen-bond acceptors (Lipinski definition) is 6. The molecule has 2 aromatic rings. The molecule has 8 nitrogen and oxygen atoms in total. The molecule has 1 amide bonds. The van der Waals surface area contributed by atoms with Gasteiger partial charge in [-0.25, -0.2) is 8.78 Å². The van der Waals surface area contributed by atoms with Crippen LogP contribution in [-0.2, 0) is 11.0 Å². The van der Waals surface area contributed by atoms with E-state index < -0.39 is 34.8 Å². The fourth-order valence-corrected chi connectivity index (χ4v) is 4.22. The molecular weight excluding hydrogens is 441 g/mol. The zero-order chi connectivity index (χ0) is 22.9. The summed E-state index contributed by atoms with van der Waals surface area (Å²) >= 11 is 0. The molecule has 3 heterocycles. The second-order valence-electron chi connectivity index (χ2n) is 8.66. The number of hydrogen-bond donors (Lipinski definition) is 2. The van der Waals surface area contributed by atoms with Gasteiger partial charge in [0.2, 0.25) is 5.91 Å². The van der Waals surface area contributed by atoms with Gasteiger partial charge in [0.15, 0.2) is 0 Å². The molecule has 2 N–H and O–H groups in total. The number of carbonyl (C=O) groups is 1. The van der Waals surface area contributed by atoms with Crippen LogP contribution in [0.2, 0.25) is 0 Å². The number of alkyl halides is 5. The summed E-state index contributed by atoms with van der Waals surface area (Å²) in [6.45, 7) is 0.245. The molecule has 0 radical (unpaired) electrons. The lowest BCUT2D eigenvalue weighted by Gasteiger charge is -2.23. The molecule has 1 saturated heterocycles. The standard InChI is InChI=1S/C19H18F5N5O3/c20-18(21)7-17(18)5-6-29(8-17)15(31)12(9-1-2-9)26-16-28-27-14(32-16)10-3-4-11(19(22,23)24)25-13(10)30/h3-4,9,12H,1-2,5-8H2,(H,25,30)(H,26,28)/t12-,17-/m1/s1. The first-order valence-electron chi connectivity index (χ1n) is 10.1. The average Bonchev–Trinajstić information content (AvgIpc) is 3.49. The van der Waals surface area contributed by atoms with Gasteiger partial charge in [-0.3, -0.25) is 9.59 Å². The molecule has 2 aliphatic carbocycles. The summed E-state index contributed by atoms with van der Waals surface area (Å²) in [6, 6.07) is 0.663. The number of aromatic amines is 1. The second-order valence-corrected chi connectivity index (χ2v) is 8.66. The Bertz CT molecular complexity index is 1130. The molecule has 3 fully saturated rings. The zero-order valence-corrected chi connectivity index (χ0v) is 16.5. The van der Waals surface area contributed by atoms with Gasteiger partial charge < -0.3 is 19.6 Å². The van der Waals surface area contributed by atoms with Crippen LogP contribution in [0.5, 0.6) is 0 Å². The van der Waals surface area contributed by atoms with E-state index in [1.165, 1.54) is 4.90 Å². The fourth-order valence-electron chi connectivity index (χ4n) is 4.22. The van der Waals surface area contributed by atoms with Crippen LogP contribution >= 0.6 is 0 Å². The molecular formula is C19H18F5N5O3. The normalized spacial score (nSPS) is 25.2. The number of nitrogens with one attached hydrogen (secondary N) is 2. The van der Waals surface area contributed by atoms with E-state index in [1.54, 1.807) is 4.98 Å². The van der Waals surface area contributed by atoms with Crippen LogP contribution in [0.4, 0.5) is 28.0 Å². The number of rotatable bonds is 5. The number of aromatic nitrogens is 3. The minimum Gasteiger partial charge on any atom is -0.403 e. The highest BCUT2D eigenvalue weighted by Crippen LogP contribution is 2.65. The molecule has 0 unspecified atom stereocenters. The third-order valence-electron chi connectivity index (χ3n) is 6.39. The van der Waals surface area contributed by atoms with Crippen LogP contribution in [0.1, 0.15) is 31.4 Å². The van der Waals surface area contributed by atoms with E-state index in [0.717, 1.165) is 18.9 Å². The SMILES string of the molecule is O=C([C@H](Nc1nnc(-c2ccc(C(F)(F)F)[nH]c2=O)o1)C1CC1)N1CC[C@]2(C1)CC2(F)F. The minimum absolute atomic E-state index is 0.000251. The minimum atomic E-state index is -4.71. The Balaban J connectivity index is 1.31. The van der Waals surface area contributed by atoms with Crippen molar-refractivity contribution < 1.29 is 31.2 Å². The van der Waals surface area contributed by atoms with Gasteiger partial charge in [0.05, 0.1) is 5.41 Å². The van der Waals surface area contributed by atoms with Gasteiger partial charge in [-0.15, -0.1) is 5.10 Å². The summed E-state index contributed by atoms with van der Waals surface area (Å²) in [4.78, 5) is 28.1. The maximum absolute atomic E-state index is 13.7. The van der Waals surface area contributed by atoms with Crippen molar-refractivity contribution in [1.82, 2.24) is 20.1 Å². The van der Waals surface area contributed by atoms with E-state index in [-0.39, 0.29) is 55.2 Å². The molecule has 2 atom stereocenters. The van der Waals surface area contributed by atoms with Gasteiger partial charge in [-0.05, 0) is 37.3 Å². The van der Waals surface area contributed by atoms with Crippen molar-refractivity contribution in [1.29, 1.82) is 0 Å². The molecule has 3 aliphatic rings. The largest absolute Gasteiger partial charge is 0.431 e. The van der Waals surface area contributed by atoms with Crippen molar-refractivity contribution in [2.45, 2.75) is 43.8 Å². The molecule has 5 rings (SSSR count). The lowest BCUT2D eigenvalue weighted by Crippen LogP contribution is -2.43. The van der Waals surface area contributed by atoms with Crippen molar-refractivity contribution in [3.8, 4) is 11.5 Å². The number of halogens is 5. The Labute approximate surface area is 177 Å². The van der Waals surface area contributed by atoms with Gasteiger partial charge in [0.25, 0.3) is 17.4 Å². The predicted octanol–water partition coefficient (Wildman–Crippen LogP) is 2.89. The Morgan fingerprint density at radius 1 is 1.28 bits per heavy atom. The van der Waals surface area contributed by atoms with Gasteiger partial charge in [-0.1, -0.05) is 5.10 Å². The Morgan fingerprint density at radius 3 is 2.56 bits per heavy atom. The summed E-state index contributed by atoms with van der Waals surface area (Å²) in [7, 11) is 0. The number of anilines is 1. The molecule has 172 valence electrons. The highest BCUT2D eigenvalue weighted by Gasteiger charge is 2.73. The van der Waals surface area contributed by atoms with E-state index in [1.807, 2.05) is 0 Å². The molecule has 2 aromatic heterocycles. The van der Waals surface area contributed by atoms with Crippen molar-refractivity contribution in [2.75, 3.05) is 18.4 Å². The molecule has 2 saturated carbocycles. The fraction of sp³-hybridized carbons (Fsp3) is 0.579. The topological polar surface area (TPSA) is 104 Å². The summed E-state index contributed by atoms with van der Waals surface area (Å²) in [5.41, 5.74) is -3.64. The van der Waals surface area contributed by atoms with Crippen molar-refractivity contribution in [3.63, 3.8) is 0 Å².